The molecule has 1 aliphatic carbocycles. The maximum absolute atomic E-state index is 11.5. The Labute approximate surface area is 114 Å². The molecule has 1 aromatic rings. The van der Waals surface area contributed by atoms with Crippen LogP contribution in [0.25, 0.3) is 0 Å². The Morgan fingerprint density at radius 2 is 2.39 bits per heavy atom. The van der Waals surface area contributed by atoms with Crippen molar-refractivity contribution in [3.05, 3.63) is 46.5 Å². The molecule has 1 aliphatic heterocycles. The van der Waals surface area contributed by atoms with Crippen LogP contribution < -0.4 is 0 Å². The third kappa shape index (κ3) is 1.59. The third-order valence-electron chi connectivity index (χ3n) is 3.67. The van der Waals surface area contributed by atoms with Crippen molar-refractivity contribution in [1.82, 2.24) is 0 Å². The Balaban J connectivity index is 2.15. The summed E-state index contributed by atoms with van der Waals surface area (Å²) in [7, 11) is 0. The van der Waals surface area contributed by atoms with Crippen LogP contribution >= 0.6 is 15.9 Å². The van der Waals surface area contributed by atoms with Gasteiger partial charge in [-0.3, -0.25) is 0 Å². The van der Waals surface area contributed by atoms with E-state index < -0.39 is 11.8 Å². The standard InChI is InChI=1S/C14H13BrO3/c1-2-7-14-11-5-4-10(15)8-9(11)3-6-12(14)17-13(16)18-14/h2,4-5,8,12H,1,3,6-7H2/t12-,14+/m1/s1. The highest BCUT2D eigenvalue weighted by Gasteiger charge is 2.54. The molecule has 4 heteroatoms. The Hall–Kier alpha value is -1.29. The molecule has 0 saturated carbocycles. The normalized spacial score (nSPS) is 28.9. The van der Waals surface area contributed by atoms with Crippen molar-refractivity contribution < 1.29 is 14.3 Å². The number of fused-ring (bicyclic) bond motifs is 3. The van der Waals surface area contributed by atoms with Gasteiger partial charge >= 0.3 is 6.16 Å². The summed E-state index contributed by atoms with van der Waals surface area (Å²) in [5.41, 5.74) is 1.58. The summed E-state index contributed by atoms with van der Waals surface area (Å²) in [4.78, 5) is 11.5. The molecule has 94 valence electrons. The highest BCUT2D eigenvalue weighted by molar-refractivity contribution is 9.10. The number of carbonyl (C=O) groups excluding carboxylic acids is 1. The number of halogens is 1. The van der Waals surface area contributed by atoms with Gasteiger partial charge < -0.3 is 9.47 Å². The van der Waals surface area contributed by atoms with Gasteiger partial charge in [-0.25, -0.2) is 4.79 Å². The van der Waals surface area contributed by atoms with E-state index in [0.717, 1.165) is 22.9 Å². The van der Waals surface area contributed by atoms with Gasteiger partial charge in [0.2, 0.25) is 0 Å². The lowest BCUT2D eigenvalue weighted by Crippen LogP contribution is -2.41. The fraction of sp³-hybridized carbons (Fsp3) is 0.357. The maximum Gasteiger partial charge on any atom is 0.509 e. The summed E-state index contributed by atoms with van der Waals surface area (Å²) >= 11 is 3.47. The second kappa shape index (κ2) is 4.12. The molecule has 1 saturated heterocycles. The van der Waals surface area contributed by atoms with E-state index in [1.165, 1.54) is 5.56 Å². The molecule has 2 atom stereocenters. The van der Waals surface area contributed by atoms with Crippen molar-refractivity contribution in [3.8, 4) is 0 Å². The molecule has 0 aromatic heterocycles. The molecule has 0 unspecified atom stereocenters. The van der Waals surface area contributed by atoms with Crippen molar-refractivity contribution in [2.24, 2.45) is 0 Å². The quantitative estimate of drug-likeness (QED) is 0.617. The second-order valence-corrected chi connectivity index (χ2v) is 5.60. The average molecular weight is 309 g/mol. The molecule has 3 nitrogen and oxygen atoms in total. The Morgan fingerprint density at radius 1 is 1.56 bits per heavy atom. The first kappa shape index (κ1) is 11.8. The summed E-state index contributed by atoms with van der Waals surface area (Å²) in [5, 5.41) is 0. The fourth-order valence-electron chi connectivity index (χ4n) is 2.94. The van der Waals surface area contributed by atoms with Crippen LogP contribution in [-0.2, 0) is 21.5 Å². The van der Waals surface area contributed by atoms with Gasteiger partial charge in [-0.05, 0) is 30.5 Å². The van der Waals surface area contributed by atoms with Crippen LogP contribution in [0.3, 0.4) is 0 Å². The molecule has 0 bridgehead atoms. The number of rotatable bonds is 2. The first-order valence-electron chi connectivity index (χ1n) is 5.95. The highest BCUT2D eigenvalue weighted by Crippen LogP contribution is 2.47. The predicted molar refractivity (Wildman–Crippen MR) is 70.3 cm³/mol. The van der Waals surface area contributed by atoms with Crippen molar-refractivity contribution in [2.75, 3.05) is 0 Å². The molecular formula is C14H13BrO3. The zero-order valence-corrected chi connectivity index (χ0v) is 11.4. The zero-order valence-electron chi connectivity index (χ0n) is 9.82. The van der Waals surface area contributed by atoms with Gasteiger partial charge in [-0.2, -0.15) is 0 Å². The number of ether oxygens (including phenoxy) is 2. The average Bonchev–Trinajstić information content (AvgIpc) is 2.65. The molecule has 0 N–H and O–H groups in total. The van der Waals surface area contributed by atoms with Crippen LogP contribution in [0.15, 0.2) is 35.3 Å². The fourth-order valence-corrected chi connectivity index (χ4v) is 3.34. The largest absolute Gasteiger partial charge is 0.509 e. The minimum absolute atomic E-state index is 0.198. The number of benzene rings is 1. The van der Waals surface area contributed by atoms with Crippen molar-refractivity contribution in [3.63, 3.8) is 0 Å². The van der Waals surface area contributed by atoms with E-state index in [9.17, 15) is 4.79 Å². The lowest BCUT2D eigenvalue weighted by molar-refractivity contribution is 0.0162. The summed E-state index contributed by atoms with van der Waals surface area (Å²) < 4.78 is 11.8. The second-order valence-electron chi connectivity index (χ2n) is 4.68. The minimum atomic E-state index is -0.673. The Morgan fingerprint density at radius 3 is 3.17 bits per heavy atom. The highest BCUT2D eigenvalue weighted by atomic mass is 79.9. The first-order chi connectivity index (χ1) is 8.65. The molecule has 0 spiro atoms. The summed E-state index contributed by atoms with van der Waals surface area (Å²) in [6.07, 6.45) is 3.29. The van der Waals surface area contributed by atoms with Crippen LogP contribution in [0, 0.1) is 0 Å². The molecule has 3 rings (SSSR count). The van der Waals surface area contributed by atoms with Gasteiger partial charge in [0, 0.05) is 16.5 Å². The van der Waals surface area contributed by atoms with E-state index >= 15 is 0 Å². The van der Waals surface area contributed by atoms with E-state index in [1.54, 1.807) is 6.08 Å². The van der Waals surface area contributed by atoms with E-state index in [1.807, 2.05) is 12.1 Å². The van der Waals surface area contributed by atoms with E-state index in [4.69, 9.17) is 9.47 Å². The smallest absolute Gasteiger partial charge is 0.426 e. The number of carbonyl (C=O) groups is 1. The Bertz CT molecular complexity index is 526. The predicted octanol–water partition coefficient (Wildman–Crippen LogP) is 3.70. The molecule has 0 radical (unpaired) electrons. The number of aryl methyl sites for hydroxylation is 1. The monoisotopic (exact) mass is 308 g/mol. The zero-order chi connectivity index (χ0) is 12.8. The molecule has 1 aromatic carbocycles. The van der Waals surface area contributed by atoms with Crippen molar-refractivity contribution in [1.29, 1.82) is 0 Å². The van der Waals surface area contributed by atoms with Crippen molar-refractivity contribution >= 4 is 22.1 Å². The molecule has 1 fully saturated rings. The van der Waals surface area contributed by atoms with E-state index in [0.29, 0.717) is 6.42 Å². The van der Waals surface area contributed by atoms with Crippen LogP contribution in [0.2, 0.25) is 0 Å². The number of hydrogen-bond donors (Lipinski definition) is 0. The molecule has 18 heavy (non-hydrogen) atoms. The van der Waals surface area contributed by atoms with Gasteiger partial charge in [0.1, 0.15) is 0 Å². The first-order valence-corrected chi connectivity index (χ1v) is 6.74. The molecule has 0 amide bonds. The summed E-state index contributed by atoms with van der Waals surface area (Å²) in [6.45, 7) is 3.77. The van der Waals surface area contributed by atoms with E-state index in [-0.39, 0.29) is 6.10 Å². The minimum Gasteiger partial charge on any atom is -0.426 e. The van der Waals surface area contributed by atoms with Crippen LogP contribution in [0.4, 0.5) is 4.79 Å². The molecular weight excluding hydrogens is 296 g/mol. The SMILES string of the molecule is C=CC[C@@]12OC(=O)O[C@@H]1CCc1cc(Br)ccc12. The van der Waals surface area contributed by atoms with Gasteiger partial charge in [0.25, 0.3) is 0 Å². The van der Waals surface area contributed by atoms with Gasteiger partial charge in [0.05, 0.1) is 0 Å². The van der Waals surface area contributed by atoms with Gasteiger partial charge in [0.15, 0.2) is 11.7 Å². The van der Waals surface area contributed by atoms with Crippen molar-refractivity contribution in [2.45, 2.75) is 31.0 Å². The van der Waals surface area contributed by atoms with E-state index in [2.05, 4.69) is 28.6 Å². The summed E-state index contributed by atoms with van der Waals surface area (Å²) in [5.74, 6) is 0. The van der Waals surface area contributed by atoms with Gasteiger partial charge in [-0.1, -0.05) is 28.1 Å². The van der Waals surface area contributed by atoms with Crippen LogP contribution in [0.1, 0.15) is 24.0 Å². The third-order valence-corrected chi connectivity index (χ3v) is 4.16. The van der Waals surface area contributed by atoms with Crippen LogP contribution in [-0.4, -0.2) is 12.3 Å². The lowest BCUT2D eigenvalue weighted by atomic mass is 9.75. The topological polar surface area (TPSA) is 35.5 Å². The van der Waals surface area contributed by atoms with Gasteiger partial charge in [-0.15, -0.1) is 6.58 Å². The lowest BCUT2D eigenvalue weighted by Gasteiger charge is -2.36. The Kier molecular flexibility index (Phi) is 2.70. The maximum atomic E-state index is 11.5. The molecule has 2 aliphatic rings. The van der Waals surface area contributed by atoms with Crippen LogP contribution in [0.5, 0.6) is 0 Å². The summed E-state index contributed by atoms with van der Waals surface area (Å²) in [6, 6.07) is 6.07. The number of hydrogen-bond acceptors (Lipinski definition) is 3. The molecule has 1 heterocycles.